The number of benzene rings is 2. The first-order valence-corrected chi connectivity index (χ1v) is 10.4. The zero-order valence-corrected chi connectivity index (χ0v) is 17.4. The molecule has 0 bridgehead atoms. The van der Waals surface area contributed by atoms with Crippen LogP contribution in [0.25, 0.3) is 0 Å². The van der Waals surface area contributed by atoms with Crippen molar-refractivity contribution in [3.63, 3.8) is 0 Å². The van der Waals surface area contributed by atoms with E-state index in [0.717, 1.165) is 42.8 Å². The van der Waals surface area contributed by atoms with Crippen molar-refractivity contribution in [3.8, 4) is 5.88 Å². The van der Waals surface area contributed by atoms with Gasteiger partial charge >= 0.3 is 0 Å². The third-order valence-corrected chi connectivity index (χ3v) is 5.04. The van der Waals surface area contributed by atoms with Gasteiger partial charge in [0.15, 0.2) is 5.69 Å². The molecule has 1 saturated carbocycles. The van der Waals surface area contributed by atoms with Crippen LogP contribution in [0.15, 0.2) is 69.0 Å². The lowest BCUT2D eigenvalue weighted by molar-refractivity contribution is 0.394. The molecule has 30 heavy (non-hydrogen) atoms. The molecule has 1 N–H and O–H groups in total. The van der Waals surface area contributed by atoms with Crippen molar-refractivity contribution in [2.45, 2.75) is 52.0 Å². The number of hydrogen-bond donors (Lipinski definition) is 1. The fourth-order valence-electron chi connectivity index (χ4n) is 3.07. The van der Waals surface area contributed by atoms with Gasteiger partial charge in [0.2, 0.25) is 5.88 Å². The number of rotatable bonds is 8. The summed E-state index contributed by atoms with van der Waals surface area (Å²) in [7, 11) is 0. The lowest BCUT2D eigenvalue weighted by Crippen LogP contribution is -1.99. The highest BCUT2D eigenvalue weighted by Crippen LogP contribution is 2.47. The van der Waals surface area contributed by atoms with Gasteiger partial charge in [-0.15, -0.1) is 5.11 Å². The Morgan fingerprint density at radius 1 is 0.900 bits per heavy atom. The van der Waals surface area contributed by atoms with Crippen molar-refractivity contribution in [1.82, 2.24) is 9.78 Å². The van der Waals surface area contributed by atoms with Gasteiger partial charge < -0.3 is 5.11 Å². The minimum atomic E-state index is 0.109. The van der Waals surface area contributed by atoms with E-state index >= 15 is 0 Å². The van der Waals surface area contributed by atoms with Crippen LogP contribution in [-0.2, 0) is 6.54 Å². The second-order valence-corrected chi connectivity index (χ2v) is 7.66. The number of aryl methyl sites for hydroxylation is 2. The Labute approximate surface area is 176 Å². The highest BCUT2D eigenvalue weighted by molar-refractivity contribution is 5.55. The molecule has 0 spiro atoms. The van der Waals surface area contributed by atoms with Crippen LogP contribution in [0.2, 0.25) is 0 Å². The minimum Gasteiger partial charge on any atom is -0.492 e. The Kier molecular flexibility index (Phi) is 5.97. The topological polar surface area (TPSA) is 87.5 Å². The highest BCUT2D eigenvalue weighted by Gasteiger charge is 2.32. The van der Waals surface area contributed by atoms with E-state index in [4.69, 9.17) is 0 Å². The molecule has 1 fully saturated rings. The summed E-state index contributed by atoms with van der Waals surface area (Å²) in [5.41, 5.74) is 4.78. The fraction of sp³-hybridized carbons (Fsp3) is 0.348. The van der Waals surface area contributed by atoms with Crippen molar-refractivity contribution in [1.29, 1.82) is 0 Å². The normalized spacial score (nSPS) is 14.2. The summed E-state index contributed by atoms with van der Waals surface area (Å²) < 4.78 is 1.65. The number of aromatic nitrogens is 2. The zero-order chi connectivity index (χ0) is 20.9. The van der Waals surface area contributed by atoms with E-state index in [2.05, 4.69) is 32.5 Å². The number of azo groups is 2. The van der Waals surface area contributed by atoms with Gasteiger partial charge in [-0.1, -0.05) is 31.0 Å². The van der Waals surface area contributed by atoms with Crippen molar-refractivity contribution < 1.29 is 5.11 Å². The summed E-state index contributed by atoms with van der Waals surface area (Å²) in [5, 5.41) is 32.3. The summed E-state index contributed by atoms with van der Waals surface area (Å²) in [6.45, 7) is 4.85. The molecule has 7 nitrogen and oxygen atoms in total. The summed E-state index contributed by atoms with van der Waals surface area (Å²) in [4.78, 5) is 0. The predicted molar refractivity (Wildman–Crippen MR) is 117 cm³/mol. The minimum absolute atomic E-state index is 0.109. The SMILES string of the molecule is CCCCn1nc(C2CC2)c(N=Nc2ccc(N=Nc3ccc(C)cc3)cc2)c1O. The first-order valence-electron chi connectivity index (χ1n) is 10.4. The quantitative estimate of drug-likeness (QED) is 0.398. The molecule has 1 aromatic heterocycles. The molecule has 1 aliphatic rings. The monoisotopic (exact) mass is 402 g/mol. The summed E-state index contributed by atoms with van der Waals surface area (Å²) in [6.07, 6.45) is 4.19. The van der Waals surface area contributed by atoms with E-state index in [1.165, 1.54) is 5.56 Å². The third kappa shape index (κ3) is 4.79. The molecule has 2 aromatic carbocycles. The average Bonchev–Trinajstić information content (AvgIpc) is 3.56. The standard InChI is InChI=1S/C23H26N6O/c1-3-4-15-29-23(30)22(21(28-29)17-7-8-17)27-26-20-13-11-19(12-14-20)25-24-18-9-5-16(2)6-10-18/h5-6,9-14,17,30H,3-4,7-8,15H2,1-2H3. The maximum absolute atomic E-state index is 10.5. The maximum atomic E-state index is 10.5. The smallest absolute Gasteiger partial charge is 0.238 e. The Hall–Kier alpha value is -3.35. The van der Waals surface area contributed by atoms with E-state index in [0.29, 0.717) is 23.8 Å². The van der Waals surface area contributed by atoms with Gasteiger partial charge in [0.25, 0.3) is 0 Å². The Morgan fingerprint density at radius 2 is 1.43 bits per heavy atom. The van der Waals surface area contributed by atoms with Gasteiger partial charge in [0.05, 0.1) is 22.8 Å². The van der Waals surface area contributed by atoms with Gasteiger partial charge in [-0.25, -0.2) is 4.68 Å². The highest BCUT2D eigenvalue weighted by atomic mass is 16.3. The van der Waals surface area contributed by atoms with E-state index in [9.17, 15) is 5.11 Å². The molecule has 1 heterocycles. The third-order valence-electron chi connectivity index (χ3n) is 5.04. The molecule has 0 atom stereocenters. The van der Waals surface area contributed by atoms with Gasteiger partial charge in [-0.3, -0.25) is 0 Å². The first-order chi connectivity index (χ1) is 14.6. The van der Waals surface area contributed by atoms with Gasteiger partial charge in [-0.2, -0.15) is 20.4 Å². The molecule has 4 rings (SSSR count). The van der Waals surface area contributed by atoms with Crippen molar-refractivity contribution >= 4 is 22.7 Å². The Balaban J connectivity index is 1.48. The molecular formula is C23H26N6O. The molecule has 0 unspecified atom stereocenters. The number of hydrogen-bond acceptors (Lipinski definition) is 6. The van der Waals surface area contributed by atoms with Crippen molar-refractivity contribution in [2.75, 3.05) is 0 Å². The molecule has 0 amide bonds. The number of nitrogens with zero attached hydrogens (tertiary/aromatic N) is 6. The van der Waals surface area contributed by atoms with Crippen LogP contribution in [0.5, 0.6) is 5.88 Å². The van der Waals surface area contributed by atoms with Crippen molar-refractivity contribution in [3.05, 3.63) is 59.8 Å². The first kappa shape index (κ1) is 19.9. The molecule has 3 aromatic rings. The average molecular weight is 403 g/mol. The van der Waals surface area contributed by atoms with Crippen LogP contribution in [0.3, 0.4) is 0 Å². The lowest BCUT2D eigenvalue weighted by Gasteiger charge is -2.00. The van der Waals surface area contributed by atoms with Gasteiger partial charge in [0, 0.05) is 12.5 Å². The fourth-order valence-corrected chi connectivity index (χ4v) is 3.07. The van der Waals surface area contributed by atoms with Crippen LogP contribution in [-0.4, -0.2) is 14.9 Å². The zero-order valence-electron chi connectivity index (χ0n) is 17.4. The van der Waals surface area contributed by atoms with E-state index in [1.54, 1.807) is 4.68 Å². The van der Waals surface area contributed by atoms with Crippen LogP contribution < -0.4 is 0 Å². The van der Waals surface area contributed by atoms with E-state index in [-0.39, 0.29) is 5.88 Å². The molecular weight excluding hydrogens is 376 g/mol. The van der Waals surface area contributed by atoms with Gasteiger partial charge in [0.1, 0.15) is 0 Å². The molecule has 0 saturated heterocycles. The summed E-state index contributed by atoms with van der Waals surface area (Å²) in [5.74, 6) is 0.495. The number of aromatic hydroxyl groups is 1. The van der Waals surface area contributed by atoms with Crippen molar-refractivity contribution in [2.24, 2.45) is 20.5 Å². The van der Waals surface area contributed by atoms with Crippen LogP contribution >= 0.6 is 0 Å². The molecule has 7 heteroatoms. The largest absolute Gasteiger partial charge is 0.492 e. The molecule has 1 aliphatic carbocycles. The van der Waals surface area contributed by atoms with Crippen LogP contribution in [0, 0.1) is 6.92 Å². The molecule has 0 aliphatic heterocycles. The molecule has 0 radical (unpaired) electrons. The van der Waals surface area contributed by atoms with Crippen LogP contribution in [0.4, 0.5) is 22.7 Å². The van der Waals surface area contributed by atoms with Crippen LogP contribution in [0.1, 0.15) is 49.8 Å². The predicted octanol–water partition coefficient (Wildman–Crippen LogP) is 7.41. The Bertz CT molecular complexity index is 1050. The summed E-state index contributed by atoms with van der Waals surface area (Å²) in [6, 6.07) is 15.3. The maximum Gasteiger partial charge on any atom is 0.238 e. The molecule has 154 valence electrons. The van der Waals surface area contributed by atoms with E-state index < -0.39 is 0 Å². The second kappa shape index (κ2) is 8.98. The van der Waals surface area contributed by atoms with Gasteiger partial charge in [-0.05, 0) is 62.6 Å². The van der Waals surface area contributed by atoms with E-state index in [1.807, 2.05) is 55.5 Å². The summed E-state index contributed by atoms with van der Waals surface area (Å²) >= 11 is 0. The lowest BCUT2D eigenvalue weighted by atomic mass is 10.2. The number of unbranched alkanes of at least 4 members (excludes halogenated alkanes) is 1. The second-order valence-electron chi connectivity index (χ2n) is 7.66. The Morgan fingerprint density at radius 3 is 1.97 bits per heavy atom.